The van der Waals surface area contributed by atoms with Crippen LogP contribution < -0.4 is 4.74 Å². The van der Waals surface area contributed by atoms with Gasteiger partial charge in [0.25, 0.3) is 0 Å². The van der Waals surface area contributed by atoms with Crippen LogP contribution in [0.1, 0.15) is 36.5 Å². The van der Waals surface area contributed by atoms with Crippen LogP contribution in [0.4, 0.5) is 0 Å². The lowest BCUT2D eigenvalue weighted by Crippen LogP contribution is -2.38. The molecule has 0 bridgehead atoms. The fourth-order valence-corrected chi connectivity index (χ4v) is 4.15. The van der Waals surface area contributed by atoms with Crippen LogP contribution in [-0.4, -0.2) is 26.6 Å². The number of fused-ring (bicyclic) bond motifs is 2. The molecule has 0 aliphatic heterocycles. The van der Waals surface area contributed by atoms with Crippen molar-refractivity contribution < 1.29 is 14.2 Å². The molecule has 0 spiro atoms. The Balaban J connectivity index is 1.94. The minimum atomic E-state index is -0.777. The van der Waals surface area contributed by atoms with Gasteiger partial charge in [-0.1, -0.05) is 67.9 Å². The quantitative estimate of drug-likeness (QED) is 0.367. The summed E-state index contributed by atoms with van der Waals surface area (Å²) in [7, 11) is 3.46. The van der Waals surface area contributed by atoms with E-state index in [4.69, 9.17) is 14.2 Å². The normalized spacial score (nSPS) is 18.4. The van der Waals surface area contributed by atoms with E-state index < -0.39 is 5.79 Å². The molecule has 0 heterocycles. The third-order valence-electron chi connectivity index (χ3n) is 5.67. The molecule has 150 valence electrons. The van der Waals surface area contributed by atoms with Crippen molar-refractivity contribution in [3.8, 4) is 5.75 Å². The second-order valence-corrected chi connectivity index (χ2v) is 7.47. The van der Waals surface area contributed by atoms with Gasteiger partial charge in [0.15, 0.2) is 5.79 Å². The van der Waals surface area contributed by atoms with Gasteiger partial charge in [0, 0.05) is 19.1 Å². The average molecular weight is 389 g/mol. The largest absolute Gasteiger partial charge is 0.496 e. The van der Waals surface area contributed by atoms with Gasteiger partial charge in [0.05, 0.1) is 13.7 Å². The number of ether oxygens (including phenoxy) is 3. The first-order valence-corrected chi connectivity index (χ1v) is 10.3. The van der Waals surface area contributed by atoms with Crippen LogP contribution in [0.15, 0.2) is 66.7 Å². The maximum absolute atomic E-state index is 6.31. The maximum Gasteiger partial charge on any atom is 0.192 e. The molecule has 0 aromatic heterocycles. The van der Waals surface area contributed by atoms with Gasteiger partial charge < -0.3 is 14.2 Å². The Morgan fingerprint density at radius 2 is 1.72 bits per heavy atom. The highest BCUT2D eigenvalue weighted by Gasteiger charge is 2.36. The first-order chi connectivity index (χ1) is 14.2. The zero-order valence-electron chi connectivity index (χ0n) is 17.4. The molecule has 3 aromatic rings. The van der Waals surface area contributed by atoms with Crippen LogP contribution in [0.25, 0.3) is 16.3 Å². The van der Waals surface area contributed by atoms with Gasteiger partial charge in [0.2, 0.25) is 0 Å². The predicted octanol–water partition coefficient (Wildman–Crippen LogP) is 6.00. The minimum absolute atomic E-state index is 0.661. The van der Waals surface area contributed by atoms with Gasteiger partial charge in [-0.3, -0.25) is 0 Å². The summed E-state index contributed by atoms with van der Waals surface area (Å²) in [6, 6.07) is 21.1. The fourth-order valence-electron chi connectivity index (χ4n) is 4.15. The lowest BCUT2D eigenvalue weighted by molar-refractivity contribution is -0.188. The number of rotatable bonds is 7. The van der Waals surface area contributed by atoms with Crippen LogP contribution in [-0.2, 0) is 15.9 Å². The highest BCUT2D eigenvalue weighted by molar-refractivity contribution is 5.99. The average Bonchev–Trinajstić information content (AvgIpc) is 2.78. The highest BCUT2D eigenvalue weighted by Crippen LogP contribution is 2.43. The number of hydrogen-bond donors (Lipinski definition) is 0. The van der Waals surface area contributed by atoms with Gasteiger partial charge in [-0.25, -0.2) is 0 Å². The molecular weight excluding hydrogens is 360 g/mol. The smallest absolute Gasteiger partial charge is 0.192 e. The third-order valence-corrected chi connectivity index (χ3v) is 5.67. The minimum Gasteiger partial charge on any atom is -0.496 e. The lowest BCUT2D eigenvalue weighted by atomic mass is 9.82. The van der Waals surface area contributed by atoms with Gasteiger partial charge in [-0.15, -0.1) is 0 Å². The standard InChI is InChI=1S/C26H28O3/c1-4-5-16-29-26(28-3)17-20-12-9-15-24(27-2)25(20)23(18-26)22-14-8-11-19-10-6-7-13-21(19)22/h6-15,18H,4-5,16-17H2,1-3H3. The number of unbranched alkanes of at least 4 members (excludes halogenated alkanes) is 1. The summed E-state index contributed by atoms with van der Waals surface area (Å²) in [5, 5.41) is 2.42. The predicted molar refractivity (Wildman–Crippen MR) is 118 cm³/mol. The highest BCUT2D eigenvalue weighted by atomic mass is 16.7. The van der Waals surface area contributed by atoms with Crippen LogP contribution in [0.3, 0.4) is 0 Å². The van der Waals surface area contributed by atoms with Crippen molar-refractivity contribution in [2.24, 2.45) is 0 Å². The zero-order valence-corrected chi connectivity index (χ0v) is 17.4. The molecule has 0 saturated heterocycles. The van der Waals surface area contributed by atoms with Crippen LogP contribution >= 0.6 is 0 Å². The SMILES string of the molecule is CCCCOC1(OC)C=C(c2cccc3ccccc23)c2c(cccc2OC)C1. The Bertz CT molecular complexity index is 1030. The van der Waals surface area contributed by atoms with E-state index in [1.165, 1.54) is 16.3 Å². The van der Waals surface area contributed by atoms with E-state index in [0.717, 1.165) is 35.3 Å². The van der Waals surface area contributed by atoms with Crippen molar-refractivity contribution >= 4 is 16.3 Å². The summed E-state index contributed by atoms with van der Waals surface area (Å²) >= 11 is 0. The summed E-state index contributed by atoms with van der Waals surface area (Å²) in [5.74, 6) is 0.0980. The van der Waals surface area contributed by atoms with E-state index in [2.05, 4.69) is 61.5 Å². The van der Waals surface area contributed by atoms with E-state index in [1.807, 2.05) is 12.1 Å². The van der Waals surface area contributed by atoms with Gasteiger partial charge in [-0.05, 0) is 46.0 Å². The monoisotopic (exact) mass is 388 g/mol. The van der Waals surface area contributed by atoms with E-state index in [-0.39, 0.29) is 0 Å². The first-order valence-electron chi connectivity index (χ1n) is 10.3. The Labute approximate surface area is 172 Å². The molecule has 3 nitrogen and oxygen atoms in total. The van der Waals surface area contributed by atoms with Crippen molar-refractivity contribution in [1.82, 2.24) is 0 Å². The molecule has 0 radical (unpaired) electrons. The molecule has 0 fully saturated rings. The summed E-state index contributed by atoms with van der Waals surface area (Å²) < 4.78 is 18.0. The van der Waals surface area contributed by atoms with Crippen molar-refractivity contribution in [3.05, 3.63) is 83.4 Å². The first kappa shape index (κ1) is 19.7. The molecule has 3 aromatic carbocycles. The Hall–Kier alpha value is -2.62. The van der Waals surface area contributed by atoms with Crippen LogP contribution in [0.5, 0.6) is 5.75 Å². The van der Waals surface area contributed by atoms with Gasteiger partial charge in [0.1, 0.15) is 5.75 Å². The Morgan fingerprint density at radius 1 is 0.931 bits per heavy atom. The van der Waals surface area contributed by atoms with Crippen molar-refractivity contribution in [3.63, 3.8) is 0 Å². The summed E-state index contributed by atoms with van der Waals surface area (Å²) in [6.45, 7) is 2.84. The Kier molecular flexibility index (Phi) is 5.70. The number of methoxy groups -OCH3 is 2. The molecule has 29 heavy (non-hydrogen) atoms. The summed E-state index contributed by atoms with van der Waals surface area (Å²) in [6.07, 6.45) is 4.90. The fraction of sp³-hybridized carbons (Fsp3) is 0.308. The second kappa shape index (κ2) is 8.40. The third kappa shape index (κ3) is 3.68. The van der Waals surface area contributed by atoms with Crippen LogP contribution in [0.2, 0.25) is 0 Å². The van der Waals surface area contributed by atoms with Crippen molar-refractivity contribution in [1.29, 1.82) is 0 Å². The molecule has 1 atom stereocenters. The molecule has 3 heteroatoms. The Morgan fingerprint density at radius 3 is 2.52 bits per heavy atom. The van der Waals surface area contributed by atoms with E-state index in [9.17, 15) is 0 Å². The maximum atomic E-state index is 6.31. The molecule has 0 N–H and O–H groups in total. The molecule has 1 unspecified atom stereocenters. The van der Waals surface area contributed by atoms with Gasteiger partial charge >= 0.3 is 0 Å². The summed E-state index contributed by atoms with van der Waals surface area (Å²) in [5.41, 5.74) is 4.55. The van der Waals surface area contributed by atoms with Crippen molar-refractivity contribution in [2.45, 2.75) is 32.0 Å². The molecular formula is C26H28O3. The topological polar surface area (TPSA) is 27.7 Å². The molecule has 1 aliphatic carbocycles. The lowest BCUT2D eigenvalue weighted by Gasteiger charge is -2.36. The van der Waals surface area contributed by atoms with E-state index in [0.29, 0.717) is 13.0 Å². The number of benzene rings is 3. The molecule has 0 amide bonds. The van der Waals surface area contributed by atoms with Crippen molar-refractivity contribution in [2.75, 3.05) is 20.8 Å². The molecule has 0 saturated carbocycles. The summed E-state index contributed by atoms with van der Waals surface area (Å²) in [4.78, 5) is 0. The number of hydrogen-bond acceptors (Lipinski definition) is 3. The van der Waals surface area contributed by atoms with E-state index >= 15 is 0 Å². The molecule has 4 rings (SSSR count). The molecule has 1 aliphatic rings. The second-order valence-electron chi connectivity index (χ2n) is 7.47. The zero-order chi connectivity index (χ0) is 20.3. The van der Waals surface area contributed by atoms with Crippen LogP contribution in [0, 0.1) is 0 Å². The van der Waals surface area contributed by atoms with E-state index in [1.54, 1.807) is 14.2 Å². The van der Waals surface area contributed by atoms with Gasteiger partial charge in [-0.2, -0.15) is 0 Å².